The van der Waals surface area contributed by atoms with Crippen LogP contribution in [0.3, 0.4) is 0 Å². The van der Waals surface area contributed by atoms with Gasteiger partial charge in [0.2, 0.25) is 0 Å². The molecule has 0 saturated carbocycles. The number of hydrogen-bond donors (Lipinski definition) is 0. The molecule has 22 heavy (non-hydrogen) atoms. The maximum atomic E-state index is 12.3. The van der Waals surface area contributed by atoms with Crippen LogP contribution in [0.2, 0.25) is 0 Å². The van der Waals surface area contributed by atoms with Crippen LogP contribution < -0.4 is 0 Å². The van der Waals surface area contributed by atoms with E-state index in [9.17, 15) is 4.79 Å². The van der Waals surface area contributed by atoms with Crippen molar-refractivity contribution in [3.63, 3.8) is 0 Å². The van der Waals surface area contributed by atoms with Gasteiger partial charge in [0.15, 0.2) is 0 Å². The maximum absolute atomic E-state index is 12.3. The van der Waals surface area contributed by atoms with E-state index in [1.54, 1.807) is 0 Å². The zero-order valence-electron chi connectivity index (χ0n) is 12.5. The van der Waals surface area contributed by atoms with Crippen molar-refractivity contribution in [3.05, 3.63) is 83.9 Å². The van der Waals surface area contributed by atoms with Crippen LogP contribution in [-0.4, -0.2) is 12.1 Å². The maximum Gasteiger partial charge on any atom is 0.338 e. The van der Waals surface area contributed by atoms with Gasteiger partial charge in [-0.15, -0.1) is 0 Å². The normalized spacial score (nSPS) is 12.0. The molecular formula is C20H18O2. The first-order valence-electron chi connectivity index (χ1n) is 7.46. The monoisotopic (exact) mass is 290 g/mol. The molecule has 0 aliphatic heterocycles. The first-order chi connectivity index (χ1) is 10.7. The third-order valence-corrected chi connectivity index (χ3v) is 3.66. The Morgan fingerprint density at radius 1 is 0.909 bits per heavy atom. The average Bonchev–Trinajstić information content (AvgIpc) is 2.55. The molecule has 0 aliphatic carbocycles. The van der Waals surface area contributed by atoms with E-state index in [0.717, 1.165) is 17.2 Å². The van der Waals surface area contributed by atoms with Gasteiger partial charge < -0.3 is 4.74 Å². The second kappa shape index (κ2) is 6.44. The molecule has 1 atom stereocenters. The Hall–Kier alpha value is -2.61. The van der Waals surface area contributed by atoms with Gasteiger partial charge in [-0.25, -0.2) is 4.79 Å². The number of hydrogen-bond acceptors (Lipinski definition) is 2. The Bertz CT molecular complexity index is 778. The summed E-state index contributed by atoms with van der Waals surface area (Å²) in [5.74, 6) is -0.269. The van der Waals surface area contributed by atoms with Crippen LogP contribution in [0, 0.1) is 0 Å². The van der Waals surface area contributed by atoms with Gasteiger partial charge in [-0.05, 0) is 35.4 Å². The third kappa shape index (κ3) is 3.34. The average molecular weight is 290 g/mol. The Morgan fingerprint density at radius 3 is 2.36 bits per heavy atom. The van der Waals surface area contributed by atoms with E-state index in [-0.39, 0.29) is 12.1 Å². The van der Waals surface area contributed by atoms with Gasteiger partial charge in [0.25, 0.3) is 0 Å². The minimum atomic E-state index is -0.269. The van der Waals surface area contributed by atoms with Crippen molar-refractivity contribution in [2.45, 2.75) is 19.4 Å². The highest BCUT2D eigenvalue weighted by Crippen LogP contribution is 2.17. The van der Waals surface area contributed by atoms with Crippen LogP contribution in [0.15, 0.2) is 72.8 Å². The molecule has 0 bridgehead atoms. The molecule has 110 valence electrons. The van der Waals surface area contributed by atoms with E-state index in [1.807, 2.05) is 79.7 Å². The molecule has 0 spiro atoms. The summed E-state index contributed by atoms with van der Waals surface area (Å²) in [5, 5.41) is 2.17. The second-order valence-electron chi connectivity index (χ2n) is 5.47. The van der Waals surface area contributed by atoms with Crippen molar-refractivity contribution in [2.75, 3.05) is 0 Å². The van der Waals surface area contributed by atoms with Gasteiger partial charge in [-0.2, -0.15) is 0 Å². The van der Waals surface area contributed by atoms with E-state index in [0.29, 0.717) is 5.56 Å². The molecule has 3 aromatic carbocycles. The highest BCUT2D eigenvalue weighted by molar-refractivity contribution is 5.95. The van der Waals surface area contributed by atoms with Gasteiger partial charge in [-0.3, -0.25) is 0 Å². The van der Waals surface area contributed by atoms with Crippen LogP contribution in [0.25, 0.3) is 10.8 Å². The summed E-state index contributed by atoms with van der Waals surface area (Å²) in [5.41, 5.74) is 1.76. The van der Waals surface area contributed by atoms with Crippen molar-refractivity contribution >= 4 is 16.7 Å². The number of benzene rings is 3. The number of carbonyl (C=O) groups is 1. The summed E-state index contributed by atoms with van der Waals surface area (Å²) in [7, 11) is 0. The van der Waals surface area contributed by atoms with Gasteiger partial charge in [0.1, 0.15) is 6.10 Å². The SMILES string of the molecule is C[C@H](Cc1ccccc1)OC(=O)c1ccc2ccccc2c1. The fourth-order valence-electron chi connectivity index (χ4n) is 2.55. The molecule has 0 amide bonds. The summed E-state index contributed by atoms with van der Waals surface area (Å²) >= 11 is 0. The minimum absolute atomic E-state index is 0.152. The number of carbonyl (C=O) groups excluding carboxylic acids is 1. The number of rotatable bonds is 4. The zero-order valence-corrected chi connectivity index (χ0v) is 12.5. The predicted molar refractivity (Wildman–Crippen MR) is 89.0 cm³/mol. The summed E-state index contributed by atoms with van der Waals surface area (Å²) in [6.45, 7) is 1.92. The molecular weight excluding hydrogens is 272 g/mol. The number of fused-ring (bicyclic) bond motifs is 1. The smallest absolute Gasteiger partial charge is 0.338 e. The zero-order chi connectivity index (χ0) is 15.4. The lowest BCUT2D eigenvalue weighted by molar-refractivity contribution is 0.0343. The summed E-state index contributed by atoms with van der Waals surface area (Å²) in [6, 6.07) is 23.7. The molecule has 3 aromatic rings. The predicted octanol–water partition coefficient (Wildman–Crippen LogP) is 4.63. The molecule has 0 aliphatic rings. The Morgan fingerprint density at radius 2 is 1.59 bits per heavy atom. The topological polar surface area (TPSA) is 26.3 Å². The van der Waals surface area contributed by atoms with Crippen LogP contribution >= 0.6 is 0 Å². The Labute approximate surface area is 130 Å². The molecule has 2 heteroatoms. The first kappa shape index (κ1) is 14.3. The minimum Gasteiger partial charge on any atom is -0.459 e. The fraction of sp³-hybridized carbons (Fsp3) is 0.150. The summed E-state index contributed by atoms with van der Waals surface area (Å²) < 4.78 is 5.55. The van der Waals surface area contributed by atoms with E-state index in [2.05, 4.69) is 0 Å². The molecule has 2 nitrogen and oxygen atoms in total. The standard InChI is InChI=1S/C20H18O2/c1-15(13-16-7-3-2-4-8-16)22-20(21)19-12-11-17-9-5-6-10-18(17)14-19/h2-12,14-15H,13H2,1H3/t15-/m1/s1. The molecule has 0 heterocycles. The van der Waals surface area contributed by atoms with Gasteiger partial charge >= 0.3 is 5.97 Å². The Balaban J connectivity index is 1.70. The summed E-state index contributed by atoms with van der Waals surface area (Å²) in [4.78, 5) is 12.3. The van der Waals surface area contributed by atoms with Crippen LogP contribution in [0.4, 0.5) is 0 Å². The lowest BCUT2D eigenvalue weighted by Gasteiger charge is -2.13. The molecule has 0 unspecified atom stereocenters. The highest BCUT2D eigenvalue weighted by atomic mass is 16.5. The van der Waals surface area contributed by atoms with E-state index in [1.165, 1.54) is 5.56 Å². The summed E-state index contributed by atoms with van der Waals surface area (Å²) in [6.07, 6.45) is 0.571. The van der Waals surface area contributed by atoms with Crippen molar-refractivity contribution in [3.8, 4) is 0 Å². The van der Waals surface area contributed by atoms with Crippen molar-refractivity contribution in [1.82, 2.24) is 0 Å². The lowest BCUT2D eigenvalue weighted by Crippen LogP contribution is -2.17. The number of ether oxygens (including phenoxy) is 1. The number of esters is 1. The van der Waals surface area contributed by atoms with Crippen LogP contribution in [0.1, 0.15) is 22.8 Å². The van der Waals surface area contributed by atoms with Crippen molar-refractivity contribution in [2.24, 2.45) is 0 Å². The molecule has 0 N–H and O–H groups in total. The molecule has 3 rings (SSSR count). The van der Waals surface area contributed by atoms with Crippen molar-refractivity contribution in [1.29, 1.82) is 0 Å². The van der Waals surface area contributed by atoms with Gasteiger partial charge in [0, 0.05) is 6.42 Å². The largest absolute Gasteiger partial charge is 0.459 e. The first-order valence-corrected chi connectivity index (χ1v) is 7.46. The van der Waals surface area contributed by atoms with Crippen LogP contribution in [0.5, 0.6) is 0 Å². The molecule has 0 aromatic heterocycles. The van der Waals surface area contributed by atoms with E-state index < -0.39 is 0 Å². The van der Waals surface area contributed by atoms with Crippen LogP contribution in [-0.2, 0) is 11.2 Å². The quantitative estimate of drug-likeness (QED) is 0.655. The Kier molecular flexibility index (Phi) is 4.19. The van der Waals surface area contributed by atoms with Gasteiger partial charge in [0.05, 0.1) is 5.56 Å². The molecule has 0 radical (unpaired) electrons. The molecule has 0 fully saturated rings. The van der Waals surface area contributed by atoms with E-state index in [4.69, 9.17) is 4.74 Å². The van der Waals surface area contributed by atoms with Gasteiger partial charge in [-0.1, -0.05) is 60.7 Å². The third-order valence-electron chi connectivity index (χ3n) is 3.66. The lowest BCUT2D eigenvalue weighted by atomic mass is 10.1. The highest BCUT2D eigenvalue weighted by Gasteiger charge is 2.13. The second-order valence-corrected chi connectivity index (χ2v) is 5.47. The molecule has 0 saturated heterocycles. The van der Waals surface area contributed by atoms with E-state index >= 15 is 0 Å². The fourth-order valence-corrected chi connectivity index (χ4v) is 2.55. The van der Waals surface area contributed by atoms with Crippen molar-refractivity contribution < 1.29 is 9.53 Å².